The van der Waals surface area contributed by atoms with E-state index in [4.69, 9.17) is 33.0 Å². The summed E-state index contributed by atoms with van der Waals surface area (Å²) >= 11 is 13.0. The molecule has 1 aromatic heterocycles. The zero-order chi connectivity index (χ0) is 26.5. The van der Waals surface area contributed by atoms with Crippen molar-refractivity contribution in [2.75, 3.05) is 0 Å². The third-order valence-corrected chi connectivity index (χ3v) is 6.91. The van der Waals surface area contributed by atoms with E-state index in [-0.39, 0.29) is 5.56 Å². The normalized spacial score (nSPS) is 11.1. The number of benzene rings is 3. The standard InChI is InChI=1S/C29H29Cl2N3O3/c1-4-24-19(3)33-34(28-25(30)9-6-10-26(28)31)27(24)17-37-23-12-11-22(18(2)13-23)16-32-15-20-7-5-8-21(14-20)29(35)36/h5-14,32H,4,15-17H2,1-3H3,(H,35,36). The van der Waals surface area contributed by atoms with Crippen LogP contribution >= 0.6 is 23.2 Å². The van der Waals surface area contributed by atoms with Gasteiger partial charge in [0.15, 0.2) is 0 Å². The molecule has 1 heterocycles. The number of hydrogen-bond donors (Lipinski definition) is 2. The third-order valence-electron chi connectivity index (χ3n) is 6.30. The fourth-order valence-electron chi connectivity index (χ4n) is 4.36. The summed E-state index contributed by atoms with van der Waals surface area (Å²) in [4.78, 5) is 11.2. The fraction of sp³-hybridized carbons (Fsp3) is 0.241. The molecule has 0 amide bonds. The van der Waals surface area contributed by atoms with Gasteiger partial charge >= 0.3 is 5.97 Å². The van der Waals surface area contributed by atoms with E-state index in [1.54, 1.807) is 35.0 Å². The summed E-state index contributed by atoms with van der Waals surface area (Å²) in [6, 6.07) is 18.4. The molecule has 2 N–H and O–H groups in total. The van der Waals surface area contributed by atoms with E-state index < -0.39 is 5.97 Å². The zero-order valence-corrected chi connectivity index (χ0v) is 22.5. The van der Waals surface area contributed by atoms with Crippen LogP contribution in [0.2, 0.25) is 10.0 Å². The maximum Gasteiger partial charge on any atom is 0.335 e. The topological polar surface area (TPSA) is 76.4 Å². The molecule has 4 rings (SSSR count). The van der Waals surface area contributed by atoms with Crippen LogP contribution in [0.4, 0.5) is 0 Å². The molecule has 0 radical (unpaired) electrons. The second kappa shape index (κ2) is 11.8. The number of nitrogens with one attached hydrogen (secondary N) is 1. The lowest BCUT2D eigenvalue weighted by molar-refractivity contribution is 0.0696. The fourth-order valence-corrected chi connectivity index (χ4v) is 4.91. The number of aryl methyl sites for hydroxylation is 2. The first-order valence-corrected chi connectivity index (χ1v) is 12.8. The largest absolute Gasteiger partial charge is 0.487 e. The minimum atomic E-state index is -0.924. The van der Waals surface area contributed by atoms with Gasteiger partial charge in [0, 0.05) is 13.1 Å². The molecule has 0 fully saturated rings. The Morgan fingerprint density at radius 1 is 1.03 bits per heavy atom. The molecule has 0 saturated heterocycles. The van der Waals surface area contributed by atoms with Crippen molar-refractivity contribution >= 4 is 29.2 Å². The third kappa shape index (κ3) is 6.16. The first-order valence-electron chi connectivity index (χ1n) is 12.1. The highest BCUT2D eigenvalue weighted by atomic mass is 35.5. The van der Waals surface area contributed by atoms with Crippen molar-refractivity contribution < 1.29 is 14.6 Å². The highest BCUT2D eigenvalue weighted by molar-refractivity contribution is 6.37. The van der Waals surface area contributed by atoms with Crippen molar-refractivity contribution in [3.8, 4) is 11.4 Å². The van der Waals surface area contributed by atoms with Crippen LogP contribution < -0.4 is 10.1 Å². The van der Waals surface area contributed by atoms with Gasteiger partial charge in [0.1, 0.15) is 18.0 Å². The number of carboxylic acids is 1. The molecule has 4 aromatic rings. The number of rotatable bonds is 10. The summed E-state index contributed by atoms with van der Waals surface area (Å²) in [5.41, 5.74) is 7.05. The summed E-state index contributed by atoms with van der Waals surface area (Å²) in [6.45, 7) is 7.67. The van der Waals surface area contributed by atoms with E-state index in [9.17, 15) is 9.90 Å². The quantitative estimate of drug-likeness (QED) is 0.229. The van der Waals surface area contributed by atoms with Gasteiger partial charge in [-0.15, -0.1) is 0 Å². The van der Waals surface area contributed by atoms with Crippen LogP contribution in [0.1, 0.15) is 50.9 Å². The molecule has 37 heavy (non-hydrogen) atoms. The highest BCUT2D eigenvalue weighted by Crippen LogP contribution is 2.31. The minimum absolute atomic E-state index is 0.288. The first kappa shape index (κ1) is 26.7. The van der Waals surface area contributed by atoms with E-state index >= 15 is 0 Å². The number of carboxylic acid groups (broad SMARTS) is 1. The van der Waals surface area contributed by atoms with Crippen LogP contribution in [-0.2, 0) is 26.1 Å². The SMILES string of the molecule is CCc1c(C)nn(-c2c(Cl)cccc2Cl)c1COc1ccc(CNCc2cccc(C(=O)O)c2)c(C)c1. The number of aromatic nitrogens is 2. The number of hydrogen-bond acceptors (Lipinski definition) is 4. The lowest BCUT2D eigenvalue weighted by Gasteiger charge is -2.14. The van der Waals surface area contributed by atoms with Crippen LogP contribution in [0, 0.1) is 13.8 Å². The van der Waals surface area contributed by atoms with Crippen molar-refractivity contribution in [2.24, 2.45) is 0 Å². The van der Waals surface area contributed by atoms with Crippen molar-refractivity contribution in [1.29, 1.82) is 0 Å². The van der Waals surface area contributed by atoms with E-state index in [1.165, 1.54) is 0 Å². The van der Waals surface area contributed by atoms with Gasteiger partial charge in [-0.2, -0.15) is 5.10 Å². The second-order valence-corrected chi connectivity index (χ2v) is 9.65. The smallest absolute Gasteiger partial charge is 0.335 e. The number of aromatic carboxylic acids is 1. The van der Waals surface area contributed by atoms with Gasteiger partial charge in [-0.1, -0.05) is 54.4 Å². The van der Waals surface area contributed by atoms with E-state index in [2.05, 4.69) is 12.2 Å². The molecule has 0 aliphatic heterocycles. The molecule has 8 heteroatoms. The van der Waals surface area contributed by atoms with E-state index in [0.717, 1.165) is 45.8 Å². The predicted molar refractivity (Wildman–Crippen MR) is 147 cm³/mol. The molecule has 0 saturated carbocycles. The second-order valence-electron chi connectivity index (χ2n) is 8.83. The van der Waals surface area contributed by atoms with Crippen molar-refractivity contribution in [3.05, 3.63) is 110 Å². The summed E-state index contributed by atoms with van der Waals surface area (Å²) in [6.07, 6.45) is 0.811. The van der Waals surface area contributed by atoms with Gasteiger partial charge in [-0.25, -0.2) is 9.48 Å². The molecule has 0 bridgehead atoms. The number of para-hydroxylation sites is 1. The van der Waals surface area contributed by atoms with Gasteiger partial charge in [-0.05, 0) is 78.9 Å². The first-order chi connectivity index (χ1) is 17.8. The average molecular weight is 538 g/mol. The minimum Gasteiger partial charge on any atom is -0.487 e. The van der Waals surface area contributed by atoms with Crippen molar-refractivity contribution in [2.45, 2.75) is 46.9 Å². The zero-order valence-electron chi connectivity index (χ0n) is 21.0. The summed E-state index contributed by atoms with van der Waals surface area (Å²) in [7, 11) is 0. The summed E-state index contributed by atoms with van der Waals surface area (Å²) in [5, 5.41) is 18.3. The van der Waals surface area contributed by atoms with Gasteiger partial charge in [0.25, 0.3) is 0 Å². The molecule has 192 valence electrons. The maximum atomic E-state index is 11.2. The molecule has 0 spiro atoms. The molecular weight excluding hydrogens is 509 g/mol. The molecule has 0 unspecified atom stereocenters. The average Bonchev–Trinajstić information content (AvgIpc) is 3.18. The molecule has 6 nitrogen and oxygen atoms in total. The van der Waals surface area contributed by atoms with Crippen LogP contribution in [0.15, 0.2) is 60.7 Å². The molecular formula is C29H29Cl2N3O3. The van der Waals surface area contributed by atoms with Crippen LogP contribution in [0.5, 0.6) is 5.75 Å². The van der Waals surface area contributed by atoms with Gasteiger partial charge in [0.2, 0.25) is 0 Å². The molecule has 3 aromatic carbocycles. The summed E-state index contributed by atoms with van der Waals surface area (Å²) < 4.78 is 8.01. The molecule has 0 atom stereocenters. The summed E-state index contributed by atoms with van der Waals surface area (Å²) in [5.74, 6) is -0.166. The number of nitrogens with zero attached hydrogens (tertiary/aromatic N) is 2. The van der Waals surface area contributed by atoms with Crippen LogP contribution in [-0.4, -0.2) is 20.9 Å². The molecule has 0 aliphatic carbocycles. The maximum absolute atomic E-state index is 11.2. The Morgan fingerprint density at radius 2 is 1.76 bits per heavy atom. The van der Waals surface area contributed by atoms with Crippen molar-refractivity contribution in [1.82, 2.24) is 15.1 Å². The monoisotopic (exact) mass is 537 g/mol. The van der Waals surface area contributed by atoms with Gasteiger partial charge in [-0.3, -0.25) is 0 Å². The van der Waals surface area contributed by atoms with Crippen LogP contribution in [0.25, 0.3) is 5.69 Å². The molecule has 0 aliphatic rings. The van der Waals surface area contributed by atoms with Crippen molar-refractivity contribution in [3.63, 3.8) is 0 Å². The highest BCUT2D eigenvalue weighted by Gasteiger charge is 2.19. The lowest BCUT2D eigenvalue weighted by Crippen LogP contribution is -2.14. The Kier molecular flexibility index (Phi) is 8.54. The number of carbonyl (C=O) groups is 1. The number of ether oxygens (including phenoxy) is 1. The van der Waals surface area contributed by atoms with Crippen LogP contribution in [0.3, 0.4) is 0 Å². The lowest BCUT2D eigenvalue weighted by atomic mass is 10.1. The van der Waals surface area contributed by atoms with Gasteiger partial charge < -0.3 is 15.2 Å². The number of halogens is 2. The Hall–Kier alpha value is -3.32. The Bertz CT molecular complexity index is 1410. The van der Waals surface area contributed by atoms with E-state index in [0.29, 0.717) is 35.4 Å². The Labute approximate surface area is 226 Å². The van der Waals surface area contributed by atoms with Gasteiger partial charge in [0.05, 0.1) is 27.0 Å². The Morgan fingerprint density at radius 3 is 2.43 bits per heavy atom. The predicted octanol–water partition coefficient (Wildman–Crippen LogP) is 6.93. The van der Waals surface area contributed by atoms with E-state index in [1.807, 2.05) is 44.2 Å². The Balaban J connectivity index is 1.45.